The first kappa shape index (κ1) is 21.1. The number of anilines is 2. The Labute approximate surface area is 199 Å². The molecule has 0 spiro atoms. The number of nitrogens with one attached hydrogen (secondary N) is 1. The van der Waals surface area contributed by atoms with Gasteiger partial charge in [0.05, 0.1) is 30.4 Å². The largest absolute Gasteiger partial charge is 0.491 e. The Hall–Kier alpha value is -3.75. The van der Waals surface area contributed by atoms with Gasteiger partial charge >= 0.3 is 0 Å². The van der Waals surface area contributed by atoms with Gasteiger partial charge in [0.25, 0.3) is 0 Å². The maximum absolute atomic E-state index is 6.37. The maximum atomic E-state index is 6.37. The zero-order valence-corrected chi connectivity index (χ0v) is 18.9. The SMILES string of the molecule is COc1cnc(-c2nn(Cc3c(Cl)ccnc3Cl)c3ccccc23)nc1Nc1ccncc1. The minimum atomic E-state index is 0.341. The van der Waals surface area contributed by atoms with Gasteiger partial charge in [0.1, 0.15) is 10.8 Å². The second-order valence-corrected chi connectivity index (χ2v) is 7.82. The predicted octanol–water partition coefficient (Wildman–Crippen LogP) is 5.39. The highest BCUT2D eigenvalue weighted by Crippen LogP contribution is 2.32. The van der Waals surface area contributed by atoms with Crippen LogP contribution in [0.1, 0.15) is 5.56 Å². The van der Waals surface area contributed by atoms with Crippen LogP contribution in [0.25, 0.3) is 22.4 Å². The van der Waals surface area contributed by atoms with Crippen molar-refractivity contribution in [3.05, 3.63) is 83.0 Å². The van der Waals surface area contributed by atoms with Crippen LogP contribution in [-0.2, 0) is 6.54 Å². The highest BCUT2D eigenvalue weighted by atomic mass is 35.5. The number of fused-ring (bicyclic) bond motifs is 1. The highest BCUT2D eigenvalue weighted by molar-refractivity contribution is 6.35. The molecule has 0 aliphatic heterocycles. The first-order chi connectivity index (χ1) is 16.1. The molecule has 0 atom stereocenters. The van der Waals surface area contributed by atoms with Crippen LogP contribution >= 0.6 is 23.2 Å². The Morgan fingerprint density at radius 2 is 1.82 bits per heavy atom. The second-order valence-electron chi connectivity index (χ2n) is 7.06. The number of aromatic nitrogens is 6. The van der Waals surface area contributed by atoms with Crippen molar-refractivity contribution in [1.29, 1.82) is 0 Å². The van der Waals surface area contributed by atoms with Crippen molar-refractivity contribution in [3.63, 3.8) is 0 Å². The van der Waals surface area contributed by atoms with Crippen LogP contribution in [0.15, 0.2) is 67.3 Å². The molecule has 0 bridgehead atoms. The summed E-state index contributed by atoms with van der Waals surface area (Å²) in [7, 11) is 1.57. The van der Waals surface area contributed by atoms with Crippen molar-refractivity contribution in [3.8, 4) is 17.3 Å². The van der Waals surface area contributed by atoms with Crippen molar-refractivity contribution in [2.24, 2.45) is 0 Å². The van der Waals surface area contributed by atoms with Gasteiger partial charge in [-0.15, -0.1) is 0 Å². The molecule has 0 aliphatic rings. The Kier molecular flexibility index (Phi) is 5.77. The third-order valence-corrected chi connectivity index (χ3v) is 5.72. The summed E-state index contributed by atoms with van der Waals surface area (Å²) in [5.74, 6) is 1.48. The fourth-order valence-corrected chi connectivity index (χ4v) is 3.92. The van der Waals surface area contributed by atoms with E-state index in [1.54, 1.807) is 38.0 Å². The van der Waals surface area contributed by atoms with Gasteiger partial charge in [-0.05, 0) is 24.3 Å². The van der Waals surface area contributed by atoms with E-state index in [1.807, 2.05) is 41.1 Å². The standard InChI is InChI=1S/C23H17Cl2N7O/c1-33-19-12-28-23(30-22(19)29-14-6-9-26-10-7-14)20-15-4-2-3-5-18(15)32(31-20)13-16-17(24)8-11-27-21(16)25/h2-12H,13H2,1H3,(H,26,28,29,30). The van der Waals surface area contributed by atoms with Crippen LogP contribution in [0, 0.1) is 0 Å². The quantitative estimate of drug-likeness (QED) is 0.327. The molecule has 33 heavy (non-hydrogen) atoms. The van der Waals surface area contributed by atoms with Crippen molar-refractivity contribution >= 4 is 45.6 Å². The summed E-state index contributed by atoms with van der Waals surface area (Å²) >= 11 is 12.7. The van der Waals surface area contributed by atoms with Gasteiger partial charge in [0, 0.05) is 35.2 Å². The minimum absolute atomic E-state index is 0.341. The monoisotopic (exact) mass is 477 g/mol. The predicted molar refractivity (Wildman–Crippen MR) is 128 cm³/mol. The maximum Gasteiger partial charge on any atom is 0.183 e. The van der Waals surface area contributed by atoms with Crippen LogP contribution in [0.5, 0.6) is 5.75 Å². The van der Waals surface area contributed by atoms with Crippen LogP contribution < -0.4 is 10.1 Å². The van der Waals surface area contributed by atoms with Gasteiger partial charge in [-0.25, -0.2) is 15.0 Å². The molecule has 1 aromatic carbocycles. The molecule has 0 aliphatic carbocycles. The molecular weight excluding hydrogens is 461 g/mol. The number of pyridine rings is 2. The molecule has 4 heterocycles. The molecule has 0 radical (unpaired) electrons. The molecule has 0 amide bonds. The summed E-state index contributed by atoms with van der Waals surface area (Å²) in [6, 6.07) is 13.2. The summed E-state index contributed by atoms with van der Waals surface area (Å²) in [4.78, 5) is 17.4. The normalized spacial score (nSPS) is 11.0. The van der Waals surface area contributed by atoms with E-state index in [2.05, 4.69) is 20.3 Å². The average molecular weight is 478 g/mol. The first-order valence-corrected chi connectivity index (χ1v) is 10.7. The number of ether oxygens (including phenoxy) is 1. The molecule has 5 rings (SSSR count). The molecule has 1 N–H and O–H groups in total. The van der Waals surface area contributed by atoms with Crippen LogP contribution in [0.3, 0.4) is 0 Å². The van der Waals surface area contributed by atoms with E-state index in [1.165, 1.54) is 0 Å². The molecule has 10 heteroatoms. The fourth-order valence-electron chi connectivity index (χ4n) is 3.44. The first-order valence-electron chi connectivity index (χ1n) is 9.97. The summed E-state index contributed by atoms with van der Waals surface area (Å²) in [5.41, 5.74) is 3.04. The van der Waals surface area contributed by atoms with E-state index in [4.69, 9.17) is 38.0 Å². The lowest BCUT2D eigenvalue weighted by Gasteiger charge is -2.10. The number of hydrogen-bond acceptors (Lipinski definition) is 7. The third-order valence-electron chi connectivity index (χ3n) is 5.04. The number of para-hydroxylation sites is 1. The Balaban J connectivity index is 1.60. The molecule has 8 nitrogen and oxygen atoms in total. The van der Waals surface area contributed by atoms with Gasteiger partial charge in [-0.1, -0.05) is 41.4 Å². The topological polar surface area (TPSA) is 90.6 Å². The molecule has 0 fully saturated rings. The number of halogens is 2. The number of hydrogen-bond donors (Lipinski definition) is 1. The van der Waals surface area contributed by atoms with E-state index in [0.29, 0.717) is 45.4 Å². The lowest BCUT2D eigenvalue weighted by Crippen LogP contribution is -2.05. The molecule has 0 saturated carbocycles. The molecule has 164 valence electrons. The fraction of sp³-hybridized carbons (Fsp3) is 0.0870. The van der Waals surface area contributed by atoms with E-state index < -0.39 is 0 Å². The summed E-state index contributed by atoms with van der Waals surface area (Å²) < 4.78 is 7.26. The van der Waals surface area contributed by atoms with Crippen molar-refractivity contribution < 1.29 is 4.74 Å². The van der Waals surface area contributed by atoms with Gasteiger partial charge in [-0.3, -0.25) is 9.67 Å². The molecule has 0 unspecified atom stereocenters. The van der Waals surface area contributed by atoms with E-state index in [9.17, 15) is 0 Å². The number of benzene rings is 1. The minimum Gasteiger partial charge on any atom is -0.491 e. The third kappa shape index (κ3) is 4.18. The van der Waals surface area contributed by atoms with Gasteiger partial charge in [-0.2, -0.15) is 5.10 Å². The van der Waals surface area contributed by atoms with Crippen LogP contribution in [-0.4, -0.2) is 36.8 Å². The Morgan fingerprint density at radius 1 is 1.00 bits per heavy atom. The number of rotatable bonds is 6. The van der Waals surface area contributed by atoms with E-state index >= 15 is 0 Å². The van der Waals surface area contributed by atoms with Gasteiger partial charge in [0.15, 0.2) is 17.4 Å². The summed E-state index contributed by atoms with van der Waals surface area (Å²) in [6.07, 6.45) is 6.58. The molecule has 5 aromatic rings. The zero-order chi connectivity index (χ0) is 22.8. The van der Waals surface area contributed by atoms with Gasteiger partial charge in [0.2, 0.25) is 0 Å². The lowest BCUT2D eigenvalue weighted by atomic mass is 10.2. The van der Waals surface area contributed by atoms with Gasteiger partial charge < -0.3 is 10.1 Å². The lowest BCUT2D eigenvalue weighted by molar-refractivity contribution is 0.413. The molecular formula is C23H17Cl2N7O. The summed E-state index contributed by atoms with van der Waals surface area (Å²) in [5, 5.41) is 9.82. The molecule has 0 saturated heterocycles. The highest BCUT2D eigenvalue weighted by Gasteiger charge is 2.18. The van der Waals surface area contributed by atoms with Crippen molar-refractivity contribution in [2.45, 2.75) is 6.54 Å². The van der Waals surface area contributed by atoms with E-state index in [0.717, 1.165) is 16.6 Å². The molecule has 4 aromatic heterocycles. The number of nitrogens with zero attached hydrogens (tertiary/aromatic N) is 6. The Morgan fingerprint density at radius 3 is 2.61 bits per heavy atom. The van der Waals surface area contributed by atoms with Crippen LogP contribution in [0.2, 0.25) is 10.2 Å². The number of methoxy groups -OCH3 is 1. The smallest absolute Gasteiger partial charge is 0.183 e. The van der Waals surface area contributed by atoms with Crippen LogP contribution in [0.4, 0.5) is 11.5 Å². The van der Waals surface area contributed by atoms with Crippen molar-refractivity contribution in [1.82, 2.24) is 29.7 Å². The Bertz CT molecular complexity index is 1420. The average Bonchev–Trinajstić information content (AvgIpc) is 3.21. The van der Waals surface area contributed by atoms with Crippen molar-refractivity contribution in [2.75, 3.05) is 12.4 Å². The second kappa shape index (κ2) is 9.01. The van der Waals surface area contributed by atoms with E-state index in [-0.39, 0.29) is 0 Å². The zero-order valence-electron chi connectivity index (χ0n) is 17.4. The summed E-state index contributed by atoms with van der Waals surface area (Å²) in [6.45, 7) is 0.351.